The minimum Gasteiger partial charge on any atom is -0.497 e. The fraction of sp³-hybridized carbons (Fsp3) is 0.250. The third-order valence-electron chi connectivity index (χ3n) is 3.61. The highest BCUT2D eigenvalue weighted by atomic mass is 16.5. The molecule has 2 amide bonds. The maximum Gasteiger partial charge on any atom is 0.323 e. The maximum absolute atomic E-state index is 11.9. The number of urea groups is 1. The Labute approximate surface area is 143 Å². The van der Waals surface area contributed by atoms with Gasteiger partial charge in [0.05, 0.1) is 7.11 Å². The van der Waals surface area contributed by atoms with E-state index in [-0.39, 0.29) is 6.03 Å². The molecule has 0 bridgehead atoms. The number of methoxy groups -OCH3 is 1. The Morgan fingerprint density at radius 1 is 1.17 bits per heavy atom. The van der Waals surface area contributed by atoms with Crippen LogP contribution in [0.15, 0.2) is 54.7 Å². The molecule has 0 spiro atoms. The molecule has 0 saturated heterocycles. The Balaban J connectivity index is 1.83. The number of amides is 2. The van der Waals surface area contributed by atoms with Gasteiger partial charge in [-0.05, 0) is 54.3 Å². The number of carbonyl (C=O) groups excluding carboxylic acids is 1. The summed E-state index contributed by atoms with van der Waals surface area (Å²) < 4.78 is 5.16. The van der Waals surface area contributed by atoms with E-state index in [1.165, 1.54) is 18.4 Å². The highest BCUT2D eigenvalue weighted by Crippen LogP contribution is 2.14. The van der Waals surface area contributed by atoms with E-state index >= 15 is 0 Å². The van der Waals surface area contributed by atoms with Crippen LogP contribution >= 0.6 is 0 Å². The van der Waals surface area contributed by atoms with E-state index in [9.17, 15) is 4.79 Å². The molecule has 0 radical (unpaired) electrons. The van der Waals surface area contributed by atoms with Crippen LogP contribution < -0.4 is 15.4 Å². The molecule has 24 heavy (non-hydrogen) atoms. The summed E-state index contributed by atoms with van der Waals surface area (Å²) in [5.41, 5.74) is 3.03. The fourth-order valence-corrected chi connectivity index (χ4v) is 2.26. The molecule has 0 heterocycles. The Bertz CT molecular complexity index is 678. The number of carbonyl (C=O) groups is 1. The molecule has 2 rings (SSSR count). The Hall–Kier alpha value is -2.75. The van der Waals surface area contributed by atoms with Crippen molar-refractivity contribution in [3.63, 3.8) is 0 Å². The van der Waals surface area contributed by atoms with Crippen LogP contribution in [0.5, 0.6) is 5.75 Å². The maximum atomic E-state index is 11.9. The summed E-state index contributed by atoms with van der Waals surface area (Å²) in [7, 11) is 1.63. The topological polar surface area (TPSA) is 50.4 Å². The molecule has 126 valence electrons. The van der Waals surface area contributed by atoms with Crippen LogP contribution in [0.2, 0.25) is 0 Å². The van der Waals surface area contributed by atoms with Gasteiger partial charge < -0.3 is 15.4 Å². The number of anilines is 1. The number of nitrogens with one attached hydrogen (secondary N) is 2. The molecule has 0 fully saturated rings. The van der Waals surface area contributed by atoms with Gasteiger partial charge in [-0.15, -0.1) is 0 Å². The van der Waals surface area contributed by atoms with Gasteiger partial charge in [-0.1, -0.05) is 37.6 Å². The van der Waals surface area contributed by atoms with Gasteiger partial charge in [0.1, 0.15) is 5.75 Å². The standard InChI is InChI=1S/C20H24N2O2/c1-3-4-6-16-9-11-18(12-10-16)22-20(23)21-14-13-17-7-5-8-19(15-17)24-2/h5,7-15H,3-4,6H2,1-2H3,(H2,21,22,23)/b14-13+. The van der Waals surface area contributed by atoms with Gasteiger partial charge in [0.25, 0.3) is 0 Å². The summed E-state index contributed by atoms with van der Waals surface area (Å²) >= 11 is 0. The number of aryl methyl sites for hydroxylation is 1. The monoisotopic (exact) mass is 324 g/mol. The van der Waals surface area contributed by atoms with Gasteiger partial charge in [0.2, 0.25) is 0 Å². The number of benzene rings is 2. The molecule has 0 unspecified atom stereocenters. The first-order chi connectivity index (χ1) is 11.7. The van der Waals surface area contributed by atoms with Crippen LogP contribution in [-0.2, 0) is 6.42 Å². The predicted octanol–water partition coefficient (Wildman–Crippen LogP) is 4.83. The van der Waals surface area contributed by atoms with E-state index in [4.69, 9.17) is 4.74 Å². The van der Waals surface area contributed by atoms with Gasteiger partial charge in [-0.25, -0.2) is 4.79 Å². The van der Waals surface area contributed by atoms with Gasteiger partial charge in [-0.3, -0.25) is 0 Å². The van der Waals surface area contributed by atoms with Crippen LogP contribution in [0.25, 0.3) is 6.08 Å². The largest absolute Gasteiger partial charge is 0.497 e. The van der Waals surface area contributed by atoms with E-state index in [0.29, 0.717) is 0 Å². The normalized spacial score (nSPS) is 10.6. The lowest BCUT2D eigenvalue weighted by Gasteiger charge is -2.06. The number of rotatable bonds is 7. The molecule has 0 aliphatic heterocycles. The molecule has 0 aliphatic rings. The third-order valence-corrected chi connectivity index (χ3v) is 3.61. The summed E-state index contributed by atoms with van der Waals surface area (Å²) in [4.78, 5) is 11.9. The van der Waals surface area contributed by atoms with Crippen LogP contribution in [-0.4, -0.2) is 13.1 Å². The van der Waals surface area contributed by atoms with Crippen molar-refractivity contribution in [3.05, 3.63) is 65.9 Å². The summed E-state index contributed by atoms with van der Waals surface area (Å²) in [5.74, 6) is 0.782. The average Bonchev–Trinajstić information content (AvgIpc) is 2.61. The summed E-state index contributed by atoms with van der Waals surface area (Å²) in [5, 5.41) is 5.50. The average molecular weight is 324 g/mol. The van der Waals surface area contributed by atoms with E-state index < -0.39 is 0 Å². The van der Waals surface area contributed by atoms with Crippen molar-refractivity contribution in [2.45, 2.75) is 26.2 Å². The van der Waals surface area contributed by atoms with E-state index in [1.807, 2.05) is 42.5 Å². The van der Waals surface area contributed by atoms with E-state index in [0.717, 1.165) is 23.4 Å². The molecule has 0 atom stereocenters. The van der Waals surface area contributed by atoms with Gasteiger partial charge >= 0.3 is 6.03 Å². The van der Waals surface area contributed by atoms with Crippen molar-refractivity contribution in [2.75, 3.05) is 12.4 Å². The molecule has 2 aromatic rings. The number of ether oxygens (including phenoxy) is 1. The van der Waals surface area contributed by atoms with Gasteiger partial charge in [-0.2, -0.15) is 0 Å². The van der Waals surface area contributed by atoms with Crippen molar-refractivity contribution in [2.24, 2.45) is 0 Å². The second kappa shape index (κ2) is 9.40. The number of unbranched alkanes of at least 4 members (excludes halogenated alkanes) is 1. The molecular weight excluding hydrogens is 300 g/mol. The summed E-state index contributed by atoms with van der Waals surface area (Å²) in [6.45, 7) is 2.18. The lowest BCUT2D eigenvalue weighted by molar-refractivity contribution is 0.255. The lowest BCUT2D eigenvalue weighted by atomic mass is 10.1. The molecule has 2 aromatic carbocycles. The lowest BCUT2D eigenvalue weighted by Crippen LogP contribution is -2.23. The first-order valence-electron chi connectivity index (χ1n) is 8.18. The van der Waals surface area contributed by atoms with Crippen LogP contribution in [0.4, 0.5) is 10.5 Å². The molecule has 4 nitrogen and oxygen atoms in total. The molecule has 0 aliphatic carbocycles. The minimum atomic E-state index is -0.268. The second-order valence-electron chi connectivity index (χ2n) is 5.51. The van der Waals surface area contributed by atoms with Crippen molar-refractivity contribution in [1.29, 1.82) is 0 Å². The third kappa shape index (κ3) is 5.80. The van der Waals surface area contributed by atoms with Gasteiger partial charge in [0, 0.05) is 11.9 Å². The summed E-state index contributed by atoms with van der Waals surface area (Å²) in [6, 6.07) is 15.3. The Morgan fingerprint density at radius 2 is 1.96 bits per heavy atom. The predicted molar refractivity (Wildman–Crippen MR) is 99.2 cm³/mol. The highest BCUT2D eigenvalue weighted by molar-refractivity contribution is 5.90. The molecule has 4 heteroatoms. The number of hydrogen-bond acceptors (Lipinski definition) is 2. The quantitative estimate of drug-likeness (QED) is 0.766. The molecule has 2 N–H and O–H groups in total. The van der Waals surface area contributed by atoms with E-state index in [1.54, 1.807) is 13.3 Å². The number of hydrogen-bond donors (Lipinski definition) is 2. The van der Waals surface area contributed by atoms with Crippen molar-refractivity contribution >= 4 is 17.8 Å². The zero-order valence-corrected chi connectivity index (χ0v) is 14.2. The zero-order chi connectivity index (χ0) is 17.2. The highest BCUT2D eigenvalue weighted by Gasteiger charge is 2.00. The summed E-state index contributed by atoms with van der Waals surface area (Å²) in [6.07, 6.45) is 6.87. The van der Waals surface area contributed by atoms with Crippen LogP contribution in [0, 0.1) is 0 Å². The molecule has 0 aromatic heterocycles. The van der Waals surface area contributed by atoms with E-state index in [2.05, 4.69) is 29.7 Å². The molecule has 0 saturated carbocycles. The van der Waals surface area contributed by atoms with Crippen molar-refractivity contribution in [1.82, 2.24) is 5.32 Å². The smallest absolute Gasteiger partial charge is 0.323 e. The van der Waals surface area contributed by atoms with Crippen molar-refractivity contribution in [3.8, 4) is 5.75 Å². The fourth-order valence-electron chi connectivity index (χ4n) is 2.26. The Kier molecular flexibility index (Phi) is 6.90. The first-order valence-corrected chi connectivity index (χ1v) is 8.18. The van der Waals surface area contributed by atoms with Crippen molar-refractivity contribution < 1.29 is 9.53 Å². The van der Waals surface area contributed by atoms with Crippen LogP contribution in [0.1, 0.15) is 30.9 Å². The second-order valence-corrected chi connectivity index (χ2v) is 5.51. The minimum absolute atomic E-state index is 0.268. The van der Waals surface area contributed by atoms with Crippen LogP contribution in [0.3, 0.4) is 0 Å². The SMILES string of the molecule is CCCCc1ccc(NC(=O)N/C=C/c2cccc(OC)c2)cc1. The Morgan fingerprint density at radius 3 is 2.67 bits per heavy atom. The first kappa shape index (κ1) is 17.6. The van der Waals surface area contributed by atoms with Gasteiger partial charge in [0.15, 0.2) is 0 Å². The zero-order valence-electron chi connectivity index (χ0n) is 14.2. The molecular formula is C20H24N2O2.